The minimum atomic E-state index is -4.37. The Kier molecular flexibility index (Phi) is 5.99. The Morgan fingerprint density at radius 1 is 1.09 bits per heavy atom. The van der Waals surface area contributed by atoms with Crippen molar-refractivity contribution in [3.8, 4) is 0 Å². The van der Waals surface area contributed by atoms with E-state index in [0.717, 1.165) is 5.56 Å². The lowest BCUT2D eigenvalue weighted by molar-refractivity contribution is -0.245. The minimum absolute atomic E-state index is 0.269. The van der Waals surface area contributed by atoms with E-state index in [-0.39, 0.29) is 6.61 Å². The summed E-state index contributed by atoms with van der Waals surface area (Å²) >= 11 is 0. The van der Waals surface area contributed by atoms with Crippen molar-refractivity contribution in [3.63, 3.8) is 0 Å². The van der Waals surface area contributed by atoms with Crippen LogP contribution in [0.15, 0.2) is 30.3 Å². The van der Waals surface area contributed by atoms with Crippen LogP contribution in [-0.4, -0.2) is 26.2 Å². The lowest BCUT2D eigenvalue weighted by Crippen LogP contribution is -2.52. The number of hydrogen-bond donors (Lipinski definition) is 2. The molecule has 1 unspecified atom stereocenters. The van der Waals surface area contributed by atoms with Gasteiger partial charge in [0.15, 0.2) is 0 Å². The van der Waals surface area contributed by atoms with E-state index in [1.54, 1.807) is 20.8 Å². The van der Waals surface area contributed by atoms with Gasteiger partial charge in [-0.05, 0) is 31.7 Å². The Labute approximate surface area is 133 Å². The average molecular weight is 329 g/mol. The van der Waals surface area contributed by atoms with Crippen molar-refractivity contribution in [1.82, 2.24) is 5.06 Å². The highest BCUT2D eigenvalue weighted by Gasteiger charge is 2.48. The van der Waals surface area contributed by atoms with Crippen molar-refractivity contribution in [1.29, 1.82) is 0 Å². The summed E-state index contributed by atoms with van der Waals surface area (Å²) in [5, 5.41) is 1.46. The molecule has 22 heavy (non-hydrogen) atoms. The van der Waals surface area contributed by atoms with Crippen molar-refractivity contribution in [2.24, 2.45) is 5.41 Å². The minimum Gasteiger partial charge on any atom is -0.323 e. The van der Waals surface area contributed by atoms with Gasteiger partial charge in [0.25, 0.3) is 0 Å². The number of hydroxylamine groups is 2. The lowest BCUT2D eigenvalue weighted by atomic mass is 9.94. The first-order valence-electron chi connectivity index (χ1n) is 7.35. The number of hydrogen-bond acceptors (Lipinski definition) is 3. The first-order valence-corrected chi connectivity index (χ1v) is 9.03. The zero-order chi connectivity index (χ0) is 17.2. The van der Waals surface area contributed by atoms with Gasteiger partial charge in [-0.3, -0.25) is 9.40 Å². The number of benzene rings is 1. The molecule has 0 aromatic heterocycles. The van der Waals surface area contributed by atoms with E-state index in [0.29, 0.717) is 0 Å². The summed E-state index contributed by atoms with van der Waals surface area (Å²) < 4.78 is 12.1. The average Bonchev–Trinajstić information content (AvgIpc) is 2.30. The predicted octanol–water partition coefficient (Wildman–Crippen LogP) is 3.77. The van der Waals surface area contributed by atoms with Gasteiger partial charge in [-0.25, -0.2) is 0 Å². The lowest BCUT2D eigenvalue weighted by Gasteiger charge is -2.45. The maximum Gasteiger partial charge on any atom is 0.345 e. The van der Waals surface area contributed by atoms with Crippen LogP contribution in [0.2, 0.25) is 0 Å². The van der Waals surface area contributed by atoms with Crippen molar-refractivity contribution in [2.45, 2.75) is 59.5 Å². The fourth-order valence-electron chi connectivity index (χ4n) is 2.34. The molecule has 5 nitrogen and oxygen atoms in total. The summed E-state index contributed by atoms with van der Waals surface area (Å²) in [6.45, 7) is 11.3. The molecule has 1 aromatic rings. The van der Waals surface area contributed by atoms with Crippen LogP contribution in [0.25, 0.3) is 0 Å². The number of rotatable bonds is 5. The molecule has 0 aliphatic heterocycles. The fraction of sp³-hybridized carbons (Fsp3) is 0.625. The second-order valence-electron chi connectivity index (χ2n) is 7.58. The molecule has 0 amide bonds. The van der Waals surface area contributed by atoms with Crippen LogP contribution in [-0.2, 0) is 16.0 Å². The van der Waals surface area contributed by atoms with Crippen LogP contribution in [0, 0.1) is 5.41 Å². The molecule has 0 heterocycles. The van der Waals surface area contributed by atoms with E-state index in [1.807, 2.05) is 51.1 Å². The Bertz CT molecular complexity index is 513. The Morgan fingerprint density at radius 3 is 1.95 bits per heavy atom. The molecule has 0 bridgehead atoms. The molecular weight excluding hydrogens is 301 g/mol. The maximum atomic E-state index is 12.1. The quantitative estimate of drug-likeness (QED) is 0.636. The SMILES string of the molecule is CC(C)(C)C(N(OCc1ccccc1)C(C)(C)C)P(=O)(O)O. The second-order valence-corrected chi connectivity index (χ2v) is 9.25. The molecule has 0 fully saturated rings. The summed E-state index contributed by atoms with van der Waals surface area (Å²) in [5.41, 5.74) is -0.230. The highest BCUT2D eigenvalue weighted by Crippen LogP contribution is 2.53. The van der Waals surface area contributed by atoms with Crippen molar-refractivity contribution < 1.29 is 19.2 Å². The van der Waals surface area contributed by atoms with E-state index >= 15 is 0 Å². The molecule has 1 atom stereocenters. The molecule has 0 aliphatic carbocycles. The molecule has 126 valence electrons. The Balaban J connectivity index is 3.08. The third kappa shape index (κ3) is 5.49. The van der Waals surface area contributed by atoms with Crippen molar-refractivity contribution >= 4 is 7.60 Å². The van der Waals surface area contributed by atoms with E-state index in [2.05, 4.69) is 0 Å². The summed E-state index contributed by atoms with van der Waals surface area (Å²) in [4.78, 5) is 25.5. The summed E-state index contributed by atoms with van der Waals surface area (Å²) in [6, 6.07) is 9.57. The highest BCUT2D eigenvalue weighted by molar-refractivity contribution is 7.52. The van der Waals surface area contributed by atoms with Gasteiger partial charge in [-0.2, -0.15) is 5.06 Å². The molecule has 6 heteroatoms. The van der Waals surface area contributed by atoms with Gasteiger partial charge in [0, 0.05) is 5.54 Å². The van der Waals surface area contributed by atoms with Gasteiger partial charge in [0.1, 0.15) is 5.78 Å². The number of nitrogens with zero attached hydrogens (tertiary/aromatic N) is 1. The van der Waals surface area contributed by atoms with Crippen molar-refractivity contribution in [2.75, 3.05) is 0 Å². The largest absolute Gasteiger partial charge is 0.345 e. The van der Waals surface area contributed by atoms with Crippen molar-refractivity contribution in [3.05, 3.63) is 35.9 Å². The fourth-order valence-corrected chi connectivity index (χ4v) is 4.04. The van der Waals surface area contributed by atoms with Gasteiger partial charge in [0.2, 0.25) is 0 Å². The van der Waals surface area contributed by atoms with Crippen LogP contribution in [0.3, 0.4) is 0 Å². The summed E-state index contributed by atoms with van der Waals surface area (Å²) in [6.07, 6.45) is 0. The topological polar surface area (TPSA) is 70.0 Å². The molecule has 0 saturated heterocycles. The smallest absolute Gasteiger partial charge is 0.323 e. The predicted molar refractivity (Wildman–Crippen MR) is 88.1 cm³/mol. The third-order valence-corrected chi connectivity index (χ3v) is 4.81. The molecule has 0 spiro atoms. The van der Waals surface area contributed by atoms with Crippen LogP contribution < -0.4 is 0 Å². The van der Waals surface area contributed by atoms with E-state index in [4.69, 9.17) is 4.84 Å². The van der Waals surface area contributed by atoms with Gasteiger partial charge in [-0.15, -0.1) is 0 Å². The Morgan fingerprint density at radius 2 is 1.59 bits per heavy atom. The molecule has 0 saturated carbocycles. The first-order chi connectivity index (χ1) is 9.83. The van der Waals surface area contributed by atoms with Gasteiger partial charge >= 0.3 is 7.60 Å². The Hall–Kier alpha value is -0.710. The van der Waals surface area contributed by atoms with Crippen LogP contribution in [0.4, 0.5) is 0 Å². The molecule has 1 aromatic carbocycles. The summed E-state index contributed by atoms with van der Waals surface area (Å²) in [5.74, 6) is -1.02. The van der Waals surface area contributed by atoms with Gasteiger partial charge in [0.05, 0.1) is 6.61 Å². The normalized spacial score (nSPS) is 15.1. The van der Waals surface area contributed by atoms with Gasteiger partial charge < -0.3 is 9.79 Å². The molecule has 0 aliphatic rings. The zero-order valence-corrected chi connectivity index (χ0v) is 15.2. The van der Waals surface area contributed by atoms with E-state index < -0.39 is 24.3 Å². The molecule has 2 N–H and O–H groups in total. The highest BCUT2D eigenvalue weighted by atomic mass is 31.2. The van der Waals surface area contributed by atoms with Gasteiger partial charge in [-0.1, -0.05) is 51.1 Å². The zero-order valence-electron chi connectivity index (χ0n) is 14.3. The van der Waals surface area contributed by atoms with Crippen LogP contribution >= 0.6 is 7.60 Å². The summed E-state index contributed by atoms with van der Waals surface area (Å²) in [7, 11) is -4.37. The second kappa shape index (κ2) is 6.81. The monoisotopic (exact) mass is 329 g/mol. The first kappa shape index (κ1) is 19.3. The van der Waals surface area contributed by atoms with E-state index in [1.165, 1.54) is 5.06 Å². The van der Waals surface area contributed by atoms with Crippen LogP contribution in [0.1, 0.15) is 47.1 Å². The van der Waals surface area contributed by atoms with Crippen LogP contribution in [0.5, 0.6) is 0 Å². The third-order valence-electron chi connectivity index (χ3n) is 3.19. The van der Waals surface area contributed by atoms with E-state index in [9.17, 15) is 14.4 Å². The molecule has 0 radical (unpaired) electrons. The maximum absolute atomic E-state index is 12.1. The standard InChI is InChI=1S/C16H28NO4P/c1-15(2,3)14(22(18,19)20)17(16(4,5)6)21-12-13-10-8-7-9-11-13/h7-11,14H,12H2,1-6H3,(H2,18,19,20). The molecular formula is C16H28NO4P. The molecule has 1 rings (SSSR count).